The molecule has 0 amide bonds. The van der Waals surface area contributed by atoms with Gasteiger partial charge in [0.2, 0.25) is 0 Å². The third-order valence-corrected chi connectivity index (χ3v) is 11.1. The minimum absolute atomic E-state index is 0.115. The largest absolute Gasteiger partial charge is 0.384 e. The van der Waals surface area contributed by atoms with Gasteiger partial charge in [0.15, 0.2) is 17.0 Å². The van der Waals surface area contributed by atoms with Crippen LogP contribution >= 0.6 is 39.1 Å². The molecule has 2 aromatic carbocycles. The minimum atomic E-state index is -0.550. The van der Waals surface area contributed by atoms with Crippen LogP contribution in [0, 0.1) is 19.8 Å². The number of carbonyl (C=O) groups excluding carboxylic acids is 1. The zero-order valence-corrected chi connectivity index (χ0v) is 32.9. The molecule has 2 aromatic heterocycles. The summed E-state index contributed by atoms with van der Waals surface area (Å²) in [5.74, 6) is 0.649. The second kappa shape index (κ2) is 14.8. The van der Waals surface area contributed by atoms with E-state index in [-0.39, 0.29) is 5.78 Å². The van der Waals surface area contributed by atoms with E-state index in [4.69, 9.17) is 38.6 Å². The fourth-order valence-electron chi connectivity index (χ4n) is 6.30. The van der Waals surface area contributed by atoms with Gasteiger partial charge in [-0.3, -0.25) is 14.2 Å². The Balaban J connectivity index is 0.000000161. The third kappa shape index (κ3) is 8.76. The number of ketones is 1. The lowest BCUT2D eigenvalue weighted by molar-refractivity contribution is -0.00809. The molecule has 8 rings (SSSR count). The smallest absolute Gasteiger partial charge is 0.168 e. The first-order chi connectivity index (χ1) is 24.1. The molecule has 2 saturated carbocycles. The number of oxime groups is 2. The topological polar surface area (TPSA) is 122 Å². The first kappa shape index (κ1) is 37.3. The summed E-state index contributed by atoms with van der Waals surface area (Å²) >= 11 is 15.7. The van der Waals surface area contributed by atoms with Gasteiger partial charge < -0.3 is 15.4 Å². The number of aromatic nitrogens is 4. The van der Waals surface area contributed by atoms with Gasteiger partial charge in [0, 0.05) is 84.1 Å². The summed E-state index contributed by atoms with van der Waals surface area (Å²) in [5.41, 5.74) is 12.4. The van der Waals surface area contributed by atoms with E-state index >= 15 is 0 Å². The normalized spacial score (nSPS) is 22.2. The Morgan fingerprint density at radius 3 is 1.73 bits per heavy atom. The van der Waals surface area contributed by atoms with Crippen molar-refractivity contribution in [3.63, 3.8) is 0 Å². The highest BCUT2D eigenvalue weighted by atomic mass is 79.9. The molecule has 2 fully saturated rings. The van der Waals surface area contributed by atoms with Gasteiger partial charge in [-0.15, -0.1) is 0 Å². The molecule has 2 aliphatic heterocycles. The van der Waals surface area contributed by atoms with Crippen LogP contribution in [0.3, 0.4) is 0 Å². The van der Waals surface area contributed by atoms with Crippen molar-refractivity contribution in [2.45, 2.75) is 89.9 Å². The average Bonchev–Trinajstić information content (AvgIpc) is 3.89. The Kier molecular flexibility index (Phi) is 10.8. The van der Waals surface area contributed by atoms with Gasteiger partial charge in [0.1, 0.15) is 0 Å². The molecular weight excluding hydrogens is 753 g/mol. The average molecular weight is 798 g/mol. The van der Waals surface area contributed by atoms with Crippen molar-refractivity contribution in [2.24, 2.45) is 36.1 Å². The van der Waals surface area contributed by atoms with Crippen molar-refractivity contribution in [2.75, 3.05) is 0 Å². The van der Waals surface area contributed by atoms with Gasteiger partial charge in [-0.1, -0.05) is 45.6 Å². The molecule has 2 unspecified atom stereocenters. The van der Waals surface area contributed by atoms with E-state index in [0.717, 1.165) is 62.4 Å². The maximum absolute atomic E-state index is 12.5. The summed E-state index contributed by atoms with van der Waals surface area (Å²) in [6.07, 6.45) is 10.7. The Hall–Kier alpha value is -3.51. The molecule has 0 radical (unpaired) electrons. The highest BCUT2D eigenvalue weighted by molar-refractivity contribution is 9.10. The Labute approximate surface area is 317 Å². The summed E-state index contributed by atoms with van der Waals surface area (Å²) in [5, 5.41) is 18.6. The van der Waals surface area contributed by atoms with Crippen molar-refractivity contribution in [1.29, 1.82) is 0 Å². The molecule has 10 nitrogen and oxygen atoms in total. The number of nitrogens with zero attached hydrogens (tertiary/aromatic N) is 6. The van der Waals surface area contributed by atoms with Crippen molar-refractivity contribution >= 4 is 56.3 Å². The summed E-state index contributed by atoms with van der Waals surface area (Å²) in [7, 11) is 3.81. The number of Topliss-reactive ketones (excluding diaryl/α,β-unsaturated/α-hetero) is 1. The van der Waals surface area contributed by atoms with E-state index in [2.05, 4.69) is 36.4 Å². The summed E-state index contributed by atoms with van der Waals surface area (Å²) in [4.78, 5) is 24.1. The standard InChI is InChI=1S/C20H22ClN3O2.C15H15BrClN3O.C3H7N/c1-12-16(11-24(3)22-12)20(2)10-18(23-26-20)14-6-7-17(21)15(9-14)19(25)8-13-4-5-13;1-9-11(8-20(3)18-9)15(2)7-14(19-21-15)10-4-5-13(17)12(16)6-10;4-3-1-2-3/h6-7,9,11,13H,4-5,8,10H2,1-3H3;4-6,8H,7H2,1-3H3;3H,1-2,4H2. The zero-order valence-electron chi connectivity index (χ0n) is 29.8. The van der Waals surface area contributed by atoms with Crippen LogP contribution in [0.4, 0.5) is 0 Å². The molecule has 2 N–H and O–H groups in total. The maximum atomic E-state index is 12.5. The van der Waals surface area contributed by atoms with Gasteiger partial charge in [-0.05, 0) is 99.5 Å². The van der Waals surface area contributed by atoms with Crippen LogP contribution in [0.25, 0.3) is 0 Å². The van der Waals surface area contributed by atoms with Crippen LogP contribution in [0.2, 0.25) is 10.0 Å². The predicted molar refractivity (Wildman–Crippen MR) is 205 cm³/mol. The number of benzene rings is 2. The summed E-state index contributed by atoms with van der Waals surface area (Å²) in [6, 6.07) is 11.9. The Bertz CT molecular complexity index is 2020. The van der Waals surface area contributed by atoms with E-state index in [1.807, 2.05) is 84.5 Å². The van der Waals surface area contributed by atoms with Crippen LogP contribution in [0.15, 0.2) is 63.6 Å². The zero-order chi connectivity index (χ0) is 36.7. The van der Waals surface area contributed by atoms with Crippen LogP contribution in [0.1, 0.15) is 103 Å². The van der Waals surface area contributed by atoms with Crippen LogP contribution < -0.4 is 5.73 Å². The quantitative estimate of drug-likeness (QED) is 0.187. The molecule has 2 aliphatic carbocycles. The Morgan fingerprint density at radius 1 is 0.843 bits per heavy atom. The Morgan fingerprint density at radius 2 is 1.31 bits per heavy atom. The van der Waals surface area contributed by atoms with E-state index in [1.54, 1.807) is 15.4 Å². The lowest BCUT2D eigenvalue weighted by Crippen LogP contribution is -2.22. The van der Waals surface area contributed by atoms with E-state index < -0.39 is 11.2 Å². The fraction of sp³-hybridized carbons (Fsp3) is 0.447. The van der Waals surface area contributed by atoms with Crippen LogP contribution in [-0.4, -0.2) is 42.8 Å². The van der Waals surface area contributed by atoms with Crippen molar-refractivity contribution in [3.05, 3.63) is 103 Å². The monoisotopic (exact) mass is 795 g/mol. The molecule has 0 spiro atoms. The molecule has 13 heteroatoms. The van der Waals surface area contributed by atoms with Gasteiger partial charge in [0.05, 0.1) is 32.9 Å². The van der Waals surface area contributed by atoms with Crippen LogP contribution in [-0.2, 0) is 35.0 Å². The molecular formula is C38H44BrCl2N7O3. The number of halogens is 3. The van der Waals surface area contributed by atoms with Crippen molar-refractivity contribution < 1.29 is 14.5 Å². The van der Waals surface area contributed by atoms with E-state index in [0.29, 0.717) is 46.8 Å². The lowest BCUT2D eigenvalue weighted by atomic mass is 9.89. The number of hydrogen-bond acceptors (Lipinski definition) is 8. The summed E-state index contributed by atoms with van der Waals surface area (Å²) < 4.78 is 4.44. The molecule has 4 aliphatic rings. The molecule has 51 heavy (non-hydrogen) atoms. The number of aryl methyl sites for hydroxylation is 4. The SMILES string of the molecule is Cc1nn(C)cc1C1(C)CC(c2ccc(Cl)c(Br)c2)=NO1.Cc1nn(C)cc1C1(C)CC(c2ccc(Cl)c(C(=O)CC3CC3)c2)=NO1.NC1CC1. The second-order valence-corrected chi connectivity index (χ2v) is 16.1. The number of rotatable bonds is 7. The number of hydrogen-bond donors (Lipinski definition) is 1. The molecule has 0 bridgehead atoms. The highest BCUT2D eigenvalue weighted by Crippen LogP contribution is 2.40. The first-order valence-corrected chi connectivity index (χ1v) is 18.7. The van der Waals surface area contributed by atoms with E-state index in [1.165, 1.54) is 12.8 Å². The fourth-order valence-corrected chi connectivity index (χ4v) is 7.02. The summed E-state index contributed by atoms with van der Waals surface area (Å²) in [6.45, 7) is 8.01. The lowest BCUT2D eigenvalue weighted by Gasteiger charge is -2.20. The number of nitrogens with two attached hydrogens (primary N) is 1. The predicted octanol–water partition coefficient (Wildman–Crippen LogP) is 8.70. The molecule has 4 aromatic rings. The van der Waals surface area contributed by atoms with Gasteiger partial charge in [-0.25, -0.2) is 0 Å². The van der Waals surface area contributed by atoms with Gasteiger partial charge in [-0.2, -0.15) is 10.2 Å². The minimum Gasteiger partial charge on any atom is -0.384 e. The second-order valence-electron chi connectivity index (χ2n) is 14.4. The molecule has 0 saturated heterocycles. The van der Waals surface area contributed by atoms with E-state index in [9.17, 15) is 4.79 Å². The van der Waals surface area contributed by atoms with Crippen molar-refractivity contribution in [3.8, 4) is 0 Å². The van der Waals surface area contributed by atoms with Gasteiger partial charge in [0.25, 0.3) is 0 Å². The highest BCUT2D eigenvalue weighted by Gasteiger charge is 2.40. The van der Waals surface area contributed by atoms with Crippen molar-refractivity contribution in [1.82, 2.24) is 19.6 Å². The molecule has 2 atom stereocenters. The maximum Gasteiger partial charge on any atom is 0.168 e. The number of carbonyl (C=O) groups is 1. The molecule has 4 heterocycles. The molecule has 270 valence electrons. The van der Waals surface area contributed by atoms with Gasteiger partial charge >= 0.3 is 0 Å². The first-order valence-electron chi connectivity index (χ1n) is 17.2. The third-order valence-electron chi connectivity index (χ3n) is 9.54. The van der Waals surface area contributed by atoms with Crippen LogP contribution in [0.5, 0.6) is 0 Å².